The quantitative estimate of drug-likeness (QED) is 0.778. The highest BCUT2D eigenvalue weighted by atomic mass is 16.3. The number of hydrogen-bond acceptors (Lipinski definition) is 3. The van der Waals surface area contributed by atoms with E-state index in [1.165, 1.54) is 0 Å². The Morgan fingerprint density at radius 2 is 2.00 bits per heavy atom. The Kier molecular flexibility index (Phi) is 4.12. The van der Waals surface area contributed by atoms with E-state index >= 15 is 0 Å². The van der Waals surface area contributed by atoms with Crippen molar-refractivity contribution in [1.82, 2.24) is 15.1 Å². The molecule has 0 aliphatic carbocycles. The molecular weight excluding hydrogens is 230 g/mol. The van der Waals surface area contributed by atoms with E-state index in [1.807, 2.05) is 18.7 Å². The number of hydrogen-bond donors (Lipinski definition) is 2. The number of amides is 2. The van der Waals surface area contributed by atoms with Gasteiger partial charge in [-0.2, -0.15) is 0 Å². The van der Waals surface area contributed by atoms with Gasteiger partial charge < -0.3 is 20.2 Å². The standard InChI is InChI=1S/C13H25N3O2/c1-13(2,18)10-15-8-4-11(5-9-15)16-7-3-6-14-12(16)17/h11,18H,3-10H2,1-2H3,(H,14,17). The van der Waals surface area contributed by atoms with Gasteiger partial charge in [0.05, 0.1) is 5.60 Å². The fraction of sp³-hybridized carbons (Fsp3) is 0.923. The Morgan fingerprint density at radius 1 is 1.33 bits per heavy atom. The normalized spacial score (nSPS) is 24.2. The summed E-state index contributed by atoms with van der Waals surface area (Å²) in [5.74, 6) is 0. The Balaban J connectivity index is 1.81. The molecule has 0 unspecified atom stereocenters. The van der Waals surface area contributed by atoms with Crippen molar-refractivity contribution >= 4 is 6.03 Å². The van der Waals surface area contributed by atoms with Crippen molar-refractivity contribution < 1.29 is 9.90 Å². The maximum absolute atomic E-state index is 11.8. The number of aliphatic hydroxyl groups is 1. The third kappa shape index (κ3) is 3.59. The summed E-state index contributed by atoms with van der Waals surface area (Å²) in [4.78, 5) is 16.0. The van der Waals surface area contributed by atoms with Crippen LogP contribution in [-0.4, -0.2) is 65.3 Å². The number of carbonyl (C=O) groups excluding carboxylic acids is 1. The zero-order chi connectivity index (χ0) is 13.2. The highest BCUT2D eigenvalue weighted by Crippen LogP contribution is 2.19. The van der Waals surface area contributed by atoms with Crippen LogP contribution in [0, 0.1) is 0 Å². The molecule has 0 aromatic heterocycles. The Hall–Kier alpha value is -0.810. The first-order chi connectivity index (χ1) is 8.46. The van der Waals surface area contributed by atoms with Gasteiger partial charge in [0.15, 0.2) is 0 Å². The van der Waals surface area contributed by atoms with Gasteiger partial charge >= 0.3 is 6.03 Å². The fourth-order valence-electron chi connectivity index (χ4n) is 2.93. The minimum Gasteiger partial charge on any atom is -0.389 e. The molecule has 2 saturated heterocycles. The highest BCUT2D eigenvalue weighted by Gasteiger charge is 2.30. The van der Waals surface area contributed by atoms with E-state index in [0.29, 0.717) is 12.6 Å². The smallest absolute Gasteiger partial charge is 0.317 e. The maximum Gasteiger partial charge on any atom is 0.317 e. The maximum atomic E-state index is 11.8. The van der Waals surface area contributed by atoms with Crippen LogP contribution in [-0.2, 0) is 0 Å². The Morgan fingerprint density at radius 3 is 2.56 bits per heavy atom. The van der Waals surface area contributed by atoms with Crippen LogP contribution in [0.5, 0.6) is 0 Å². The largest absolute Gasteiger partial charge is 0.389 e. The summed E-state index contributed by atoms with van der Waals surface area (Å²) < 4.78 is 0. The van der Waals surface area contributed by atoms with Gasteiger partial charge in [0.2, 0.25) is 0 Å². The van der Waals surface area contributed by atoms with E-state index < -0.39 is 5.60 Å². The van der Waals surface area contributed by atoms with Crippen LogP contribution >= 0.6 is 0 Å². The van der Waals surface area contributed by atoms with Gasteiger partial charge in [-0.15, -0.1) is 0 Å². The molecule has 2 N–H and O–H groups in total. The molecule has 0 bridgehead atoms. The second kappa shape index (κ2) is 5.45. The predicted octanol–water partition coefficient (Wildman–Crippen LogP) is 0.637. The first-order valence-corrected chi connectivity index (χ1v) is 6.95. The van der Waals surface area contributed by atoms with E-state index in [9.17, 15) is 9.90 Å². The molecule has 104 valence electrons. The first kappa shape index (κ1) is 13.6. The number of likely N-dealkylation sites (tertiary alicyclic amines) is 1. The van der Waals surface area contributed by atoms with E-state index in [0.717, 1.165) is 45.4 Å². The van der Waals surface area contributed by atoms with Crippen LogP contribution in [0.2, 0.25) is 0 Å². The van der Waals surface area contributed by atoms with Crippen LogP contribution in [0.15, 0.2) is 0 Å². The topological polar surface area (TPSA) is 55.8 Å². The molecule has 2 rings (SSSR count). The van der Waals surface area contributed by atoms with Gasteiger partial charge in [0.25, 0.3) is 0 Å². The summed E-state index contributed by atoms with van der Waals surface area (Å²) in [5, 5.41) is 12.7. The van der Waals surface area contributed by atoms with E-state index in [4.69, 9.17) is 0 Å². The lowest BCUT2D eigenvalue weighted by Gasteiger charge is -2.41. The lowest BCUT2D eigenvalue weighted by atomic mass is 10.0. The summed E-state index contributed by atoms with van der Waals surface area (Å²) in [6, 6.07) is 0.477. The predicted molar refractivity (Wildman–Crippen MR) is 70.5 cm³/mol. The zero-order valence-corrected chi connectivity index (χ0v) is 11.5. The number of carbonyl (C=O) groups is 1. The number of nitrogens with zero attached hydrogens (tertiary/aromatic N) is 2. The third-order valence-electron chi connectivity index (χ3n) is 3.72. The molecule has 18 heavy (non-hydrogen) atoms. The van der Waals surface area contributed by atoms with Gasteiger partial charge in [-0.3, -0.25) is 0 Å². The van der Waals surface area contributed by atoms with Crippen LogP contribution in [0.1, 0.15) is 33.1 Å². The van der Waals surface area contributed by atoms with Crippen LogP contribution in [0.25, 0.3) is 0 Å². The average Bonchev–Trinajstić information content (AvgIpc) is 2.29. The molecule has 0 saturated carbocycles. The van der Waals surface area contributed by atoms with E-state index in [-0.39, 0.29) is 6.03 Å². The number of rotatable bonds is 3. The van der Waals surface area contributed by atoms with E-state index in [2.05, 4.69) is 10.2 Å². The molecule has 0 atom stereocenters. The Labute approximate surface area is 109 Å². The minimum absolute atomic E-state index is 0.0992. The Bertz CT molecular complexity index is 293. The fourth-order valence-corrected chi connectivity index (χ4v) is 2.93. The van der Waals surface area contributed by atoms with Crippen molar-refractivity contribution in [2.24, 2.45) is 0 Å². The molecule has 2 aliphatic heterocycles. The zero-order valence-electron chi connectivity index (χ0n) is 11.5. The van der Waals surface area contributed by atoms with Crippen molar-refractivity contribution in [2.45, 2.75) is 44.8 Å². The number of nitrogens with one attached hydrogen (secondary N) is 1. The van der Waals surface area contributed by atoms with Crippen molar-refractivity contribution in [3.05, 3.63) is 0 Å². The van der Waals surface area contributed by atoms with Crippen molar-refractivity contribution in [3.8, 4) is 0 Å². The second-order valence-electron chi connectivity index (χ2n) is 6.10. The average molecular weight is 255 g/mol. The van der Waals surface area contributed by atoms with Crippen molar-refractivity contribution in [3.63, 3.8) is 0 Å². The summed E-state index contributed by atoms with van der Waals surface area (Å²) in [6.45, 7) is 8.05. The molecule has 2 heterocycles. The molecule has 2 aliphatic rings. The number of urea groups is 1. The highest BCUT2D eigenvalue weighted by molar-refractivity contribution is 5.75. The first-order valence-electron chi connectivity index (χ1n) is 6.95. The summed E-state index contributed by atoms with van der Waals surface area (Å²) in [7, 11) is 0. The van der Waals surface area contributed by atoms with Gasteiger partial charge in [-0.1, -0.05) is 0 Å². The summed E-state index contributed by atoms with van der Waals surface area (Å²) >= 11 is 0. The van der Waals surface area contributed by atoms with Crippen LogP contribution in [0.3, 0.4) is 0 Å². The van der Waals surface area contributed by atoms with Gasteiger partial charge in [-0.05, 0) is 33.1 Å². The van der Waals surface area contributed by atoms with E-state index in [1.54, 1.807) is 0 Å². The molecular formula is C13H25N3O2. The minimum atomic E-state index is -0.630. The molecule has 0 spiro atoms. The molecule has 0 aromatic carbocycles. The SMILES string of the molecule is CC(C)(O)CN1CCC(N2CCCNC2=O)CC1. The molecule has 5 heteroatoms. The lowest BCUT2D eigenvalue weighted by Crippen LogP contribution is -2.55. The molecule has 0 aromatic rings. The molecule has 5 nitrogen and oxygen atoms in total. The van der Waals surface area contributed by atoms with Gasteiger partial charge in [0, 0.05) is 38.8 Å². The number of β-amino-alcohol motifs (C(OH)–C–C–N with tert-alkyl or cyclic N) is 1. The third-order valence-corrected chi connectivity index (χ3v) is 3.72. The van der Waals surface area contributed by atoms with Crippen LogP contribution in [0.4, 0.5) is 4.79 Å². The van der Waals surface area contributed by atoms with Crippen molar-refractivity contribution in [2.75, 3.05) is 32.7 Å². The molecule has 2 fully saturated rings. The summed E-state index contributed by atoms with van der Waals surface area (Å²) in [6.07, 6.45) is 3.09. The lowest BCUT2D eigenvalue weighted by molar-refractivity contribution is 0.0196. The summed E-state index contributed by atoms with van der Waals surface area (Å²) in [5.41, 5.74) is -0.630. The van der Waals surface area contributed by atoms with Crippen molar-refractivity contribution in [1.29, 1.82) is 0 Å². The molecule has 2 amide bonds. The molecule has 0 radical (unpaired) electrons. The van der Waals surface area contributed by atoms with Crippen LogP contribution < -0.4 is 5.32 Å². The second-order valence-corrected chi connectivity index (χ2v) is 6.10. The monoisotopic (exact) mass is 255 g/mol. The number of piperidine rings is 1. The van der Waals surface area contributed by atoms with Gasteiger partial charge in [-0.25, -0.2) is 4.79 Å². The van der Waals surface area contributed by atoms with Gasteiger partial charge in [0.1, 0.15) is 0 Å².